The number of imide groups is 1. The van der Waals surface area contributed by atoms with Crippen molar-refractivity contribution in [2.24, 2.45) is 0 Å². The van der Waals surface area contributed by atoms with Gasteiger partial charge in [-0.2, -0.15) is 9.57 Å². The predicted octanol–water partition coefficient (Wildman–Crippen LogP) is 1.02. The highest BCUT2D eigenvalue weighted by atomic mass is 32.2. The van der Waals surface area contributed by atoms with Gasteiger partial charge in [-0.05, 0) is 48.9 Å². The zero-order valence-corrected chi connectivity index (χ0v) is 19.7. The maximum absolute atomic E-state index is 13.3. The minimum Gasteiger partial charge on any atom is -0.454 e. The summed E-state index contributed by atoms with van der Waals surface area (Å²) in [5.41, 5.74) is -0.283. The average molecular weight is 498 g/mol. The van der Waals surface area contributed by atoms with Crippen molar-refractivity contribution in [3.63, 3.8) is 0 Å². The van der Waals surface area contributed by atoms with Gasteiger partial charge in [0, 0.05) is 26.2 Å². The second kappa shape index (κ2) is 8.53. The third-order valence-electron chi connectivity index (χ3n) is 6.52. The number of benzene rings is 2. The topological polar surface area (TPSA) is 132 Å². The minimum absolute atomic E-state index is 0.0512. The standard InChI is InChI=1S/C23H23N5O6S/c1-23(17-4-7-19-20(12-17)34-15-33-19)21(29)28(22(30)25-23)14-26-8-10-27(11-9-26)35(31,32)18-5-2-16(13-24)3-6-18/h2-7,12H,8-11,14-15H2,1H3,(H,25,30)/t23-/m0/s1. The highest BCUT2D eigenvalue weighted by Crippen LogP contribution is 2.38. The summed E-state index contributed by atoms with van der Waals surface area (Å²) in [4.78, 5) is 29.2. The molecule has 2 saturated heterocycles. The molecule has 2 aromatic rings. The van der Waals surface area contributed by atoms with Crippen LogP contribution in [0.1, 0.15) is 18.1 Å². The number of sulfonamides is 1. The largest absolute Gasteiger partial charge is 0.454 e. The van der Waals surface area contributed by atoms with E-state index in [9.17, 15) is 18.0 Å². The molecule has 2 fully saturated rings. The lowest BCUT2D eigenvalue weighted by Gasteiger charge is -2.35. The molecule has 0 aromatic heterocycles. The maximum Gasteiger partial charge on any atom is 0.326 e. The first kappa shape index (κ1) is 23.1. The van der Waals surface area contributed by atoms with Crippen molar-refractivity contribution in [1.82, 2.24) is 19.4 Å². The van der Waals surface area contributed by atoms with Gasteiger partial charge in [-0.3, -0.25) is 9.69 Å². The molecule has 3 amide bonds. The number of nitrogens with one attached hydrogen (secondary N) is 1. The van der Waals surface area contributed by atoms with Crippen molar-refractivity contribution in [3.05, 3.63) is 53.6 Å². The van der Waals surface area contributed by atoms with Crippen LogP contribution in [0.2, 0.25) is 0 Å². The summed E-state index contributed by atoms with van der Waals surface area (Å²) in [5.74, 6) is 0.706. The highest BCUT2D eigenvalue weighted by Gasteiger charge is 2.50. The van der Waals surface area contributed by atoms with Gasteiger partial charge in [0.05, 0.1) is 23.2 Å². The molecule has 3 aliphatic heterocycles. The average Bonchev–Trinajstić information content (AvgIpc) is 3.42. The van der Waals surface area contributed by atoms with E-state index in [1.165, 1.54) is 28.6 Å². The quantitative estimate of drug-likeness (QED) is 0.606. The lowest BCUT2D eigenvalue weighted by Crippen LogP contribution is -2.52. The fourth-order valence-corrected chi connectivity index (χ4v) is 5.81. The van der Waals surface area contributed by atoms with Gasteiger partial charge in [-0.1, -0.05) is 6.07 Å². The number of fused-ring (bicyclic) bond motifs is 1. The van der Waals surface area contributed by atoms with E-state index >= 15 is 0 Å². The van der Waals surface area contributed by atoms with Gasteiger partial charge in [0.1, 0.15) is 5.54 Å². The zero-order valence-electron chi connectivity index (χ0n) is 18.9. The summed E-state index contributed by atoms with van der Waals surface area (Å²) in [6.07, 6.45) is 0. The zero-order chi connectivity index (χ0) is 24.8. The Morgan fingerprint density at radius 3 is 2.40 bits per heavy atom. The summed E-state index contributed by atoms with van der Waals surface area (Å²) >= 11 is 0. The molecule has 0 aliphatic carbocycles. The Hall–Kier alpha value is -3.66. The molecule has 3 aliphatic rings. The number of nitriles is 1. The molecule has 0 unspecified atom stereocenters. The van der Waals surface area contributed by atoms with Gasteiger partial charge in [-0.25, -0.2) is 18.1 Å². The molecule has 11 nitrogen and oxygen atoms in total. The van der Waals surface area contributed by atoms with Crippen LogP contribution in [-0.2, 0) is 20.4 Å². The minimum atomic E-state index is -3.70. The molecule has 182 valence electrons. The van der Waals surface area contributed by atoms with Crippen LogP contribution in [0.5, 0.6) is 11.5 Å². The molecule has 1 N–H and O–H groups in total. The third kappa shape index (κ3) is 3.97. The Morgan fingerprint density at radius 1 is 1.03 bits per heavy atom. The van der Waals surface area contributed by atoms with E-state index in [1.807, 2.05) is 11.0 Å². The van der Waals surface area contributed by atoms with Crippen molar-refractivity contribution in [2.45, 2.75) is 17.4 Å². The van der Waals surface area contributed by atoms with Gasteiger partial charge < -0.3 is 14.8 Å². The van der Waals surface area contributed by atoms with Gasteiger partial charge >= 0.3 is 6.03 Å². The first-order valence-corrected chi connectivity index (χ1v) is 12.4. The maximum atomic E-state index is 13.3. The number of urea groups is 1. The van der Waals surface area contributed by atoms with Crippen molar-refractivity contribution in [3.8, 4) is 17.6 Å². The molecular formula is C23H23N5O6S. The van der Waals surface area contributed by atoms with E-state index in [0.717, 1.165) is 4.90 Å². The van der Waals surface area contributed by atoms with Gasteiger partial charge in [0.2, 0.25) is 16.8 Å². The van der Waals surface area contributed by atoms with Crippen molar-refractivity contribution in [1.29, 1.82) is 5.26 Å². The summed E-state index contributed by atoms with van der Waals surface area (Å²) in [6, 6.07) is 12.4. The van der Waals surface area contributed by atoms with Gasteiger partial charge in [-0.15, -0.1) is 0 Å². The molecule has 0 radical (unpaired) electrons. The van der Waals surface area contributed by atoms with E-state index < -0.39 is 27.5 Å². The lowest BCUT2D eigenvalue weighted by atomic mass is 9.92. The molecule has 0 bridgehead atoms. The Morgan fingerprint density at radius 2 is 1.71 bits per heavy atom. The lowest BCUT2D eigenvalue weighted by molar-refractivity contribution is -0.132. The number of ether oxygens (including phenoxy) is 2. The van der Waals surface area contributed by atoms with E-state index in [4.69, 9.17) is 14.7 Å². The van der Waals surface area contributed by atoms with Crippen molar-refractivity contribution >= 4 is 22.0 Å². The number of hydrogen-bond donors (Lipinski definition) is 1. The first-order chi connectivity index (χ1) is 16.7. The van der Waals surface area contributed by atoms with Crippen LogP contribution < -0.4 is 14.8 Å². The molecule has 0 spiro atoms. The molecule has 35 heavy (non-hydrogen) atoms. The van der Waals surface area contributed by atoms with Crippen LogP contribution in [0.25, 0.3) is 0 Å². The number of nitrogens with zero attached hydrogens (tertiary/aromatic N) is 4. The summed E-state index contributed by atoms with van der Waals surface area (Å²) in [5, 5.41) is 11.7. The van der Waals surface area contributed by atoms with Crippen LogP contribution in [0.3, 0.4) is 0 Å². The Bertz CT molecular complexity index is 1330. The summed E-state index contributed by atoms with van der Waals surface area (Å²) < 4.78 is 38.0. The SMILES string of the molecule is C[C@@]1(c2ccc3c(c2)OCO3)NC(=O)N(CN2CCN(S(=O)(=O)c3ccc(C#N)cc3)CC2)C1=O. The fraction of sp³-hybridized carbons (Fsp3) is 0.348. The first-order valence-electron chi connectivity index (χ1n) is 11.0. The van der Waals surface area contributed by atoms with E-state index in [1.54, 1.807) is 25.1 Å². The number of rotatable bonds is 5. The van der Waals surface area contributed by atoms with E-state index in [0.29, 0.717) is 35.7 Å². The predicted molar refractivity (Wildman–Crippen MR) is 122 cm³/mol. The van der Waals surface area contributed by atoms with Gasteiger partial charge in [0.25, 0.3) is 5.91 Å². The monoisotopic (exact) mass is 497 g/mol. The molecule has 1 atom stereocenters. The fourth-order valence-electron chi connectivity index (χ4n) is 4.39. The van der Waals surface area contributed by atoms with Crippen molar-refractivity contribution < 1.29 is 27.5 Å². The van der Waals surface area contributed by atoms with Gasteiger partial charge in [0.15, 0.2) is 11.5 Å². The smallest absolute Gasteiger partial charge is 0.326 e. The molecule has 2 aromatic carbocycles. The van der Waals surface area contributed by atoms with Crippen LogP contribution in [-0.4, -0.2) is 74.1 Å². The number of carbonyl (C=O) groups excluding carboxylic acids is 2. The van der Waals surface area contributed by atoms with E-state index in [-0.39, 0.29) is 31.4 Å². The third-order valence-corrected chi connectivity index (χ3v) is 8.43. The molecular weight excluding hydrogens is 474 g/mol. The molecule has 12 heteroatoms. The Kier molecular flexibility index (Phi) is 5.63. The Labute approximate surface area is 202 Å². The van der Waals surface area contributed by atoms with Crippen LogP contribution in [0.4, 0.5) is 4.79 Å². The van der Waals surface area contributed by atoms with Crippen LogP contribution in [0.15, 0.2) is 47.4 Å². The van der Waals surface area contributed by atoms with Crippen LogP contribution >= 0.6 is 0 Å². The van der Waals surface area contributed by atoms with Crippen LogP contribution in [0, 0.1) is 11.3 Å². The van der Waals surface area contributed by atoms with E-state index in [2.05, 4.69) is 5.32 Å². The normalized spacial score (nSPS) is 22.8. The highest BCUT2D eigenvalue weighted by molar-refractivity contribution is 7.89. The van der Waals surface area contributed by atoms with Crippen molar-refractivity contribution in [2.75, 3.05) is 39.6 Å². The molecule has 3 heterocycles. The molecule has 5 rings (SSSR count). The Balaban J connectivity index is 1.24. The second-order valence-electron chi connectivity index (χ2n) is 8.66. The number of piperazine rings is 1. The number of hydrogen-bond acceptors (Lipinski definition) is 8. The summed E-state index contributed by atoms with van der Waals surface area (Å²) in [7, 11) is -3.70. The number of amides is 3. The number of carbonyl (C=O) groups is 2. The summed E-state index contributed by atoms with van der Waals surface area (Å²) in [6.45, 7) is 2.94. The second-order valence-corrected chi connectivity index (χ2v) is 10.6. The molecule has 0 saturated carbocycles.